The molecule has 250 valence electrons. The highest BCUT2D eigenvalue weighted by Gasteiger charge is 2.19. The average molecular weight is 676 g/mol. The highest BCUT2D eigenvalue weighted by atomic mass is 14.6. The molecule has 9 aromatic rings. The number of rotatable bonds is 4. The van der Waals surface area contributed by atoms with E-state index in [1.807, 2.05) is 6.20 Å². The highest BCUT2D eigenvalue weighted by Crippen LogP contribution is 2.45. The Morgan fingerprint density at radius 3 is 1.70 bits per heavy atom. The fraction of sp³-hybridized carbons (Fsp3) is 0.0577. The second kappa shape index (κ2) is 12.9. The van der Waals surface area contributed by atoms with E-state index in [1.54, 1.807) is 0 Å². The molecular formula is C52H37N. The molecule has 1 nitrogen and oxygen atoms in total. The lowest BCUT2D eigenvalue weighted by molar-refractivity contribution is 0.765. The van der Waals surface area contributed by atoms with Crippen LogP contribution < -0.4 is 0 Å². The Hall–Kier alpha value is -6.57. The predicted octanol–water partition coefficient (Wildman–Crippen LogP) is 14.2. The van der Waals surface area contributed by atoms with E-state index in [0.29, 0.717) is 5.92 Å². The largest absolute Gasteiger partial charge is 0.256 e. The number of fused-ring (bicyclic) bond motifs is 5. The van der Waals surface area contributed by atoms with Crippen LogP contribution in [0.2, 0.25) is 0 Å². The van der Waals surface area contributed by atoms with Gasteiger partial charge in [-0.15, -0.1) is 0 Å². The van der Waals surface area contributed by atoms with Gasteiger partial charge in [-0.05, 0) is 130 Å². The van der Waals surface area contributed by atoms with E-state index in [9.17, 15) is 0 Å². The summed E-state index contributed by atoms with van der Waals surface area (Å²) in [6, 6.07) is 57.9. The first kappa shape index (κ1) is 31.2. The molecule has 0 saturated carbocycles. The van der Waals surface area contributed by atoms with Gasteiger partial charge in [0.1, 0.15) is 0 Å². The van der Waals surface area contributed by atoms with Crippen LogP contribution in [0.3, 0.4) is 0 Å². The summed E-state index contributed by atoms with van der Waals surface area (Å²) in [4.78, 5) is 4.81. The van der Waals surface area contributed by atoms with Crippen molar-refractivity contribution in [2.24, 2.45) is 5.92 Å². The van der Waals surface area contributed by atoms with Gasteiger partial charge in [0.05, 0.1) is 5.52 Å². The summed E-state index contributed by atoms with van der Waals surface area (Å²) in [7, 11) is 0. The van der Waals surface area contributed by atoms with E-state index in [-0.39, 0.29) is 0 Å². The smallest absolute Gasteiger partial charge is 0.0702 e. The first-order valence-corrected chi connectivity index (χ1v) is 18.6. The summed E-state index contributed by atoms with van der Waals surface area (Å²) in [6.45, 7) is 2.31. The highest BCUT2D eigenvalue weighted by molar-refractivity contribution is 6.22. The molecule has 1 heteroatoms. The summed E-state index contributed by atoms with van der Waals surface area (Å²) in [6.07, 6.45) is 12.3. The van der Waals surface area contributed by atoms with Gasteiger partial charge in [0, 0.05) is 11.6 Å². The normalized spacial score (nSPS) is 14.8. The summed E-state index contributed by atoms with van der Waals surface area (Å²) in [5.74, 6) is 0.374. The van der Waals surface area contributed by atoms with E-state index in [4.69, 9.17) is 4.98 Å². The van der Waals surface area contributed by atoms with E-state index in [1.165, 1.54) is 93.0 Å². The molecular weight excluding hydrogens is 639 g/mol. The minimum atomic E-state index is 0.374. The van der Waals surface area contributed by atoms with Gasteiger partial charge in [0.25, 0.3) is 0 Å². The van der Waals surface area contributed by atoms with E-state index < -0.39 is 0 Å². The molecule has 1 aliphatic carbocycles. The molecule has 1 atom stereocenters. The van der Waals surface area contributed by atoms with E-state index >= 15 is 0 Å². The van der Waals surface area contributed by atoms with Gasteiger partial charge < -0.3 is 0 Å². The molecule has 0 fully saturated rings. The molecule has 1 unspecified atom stereocenters. The van der Waals surface area contributed by atoms with E-state index in [2.05, 4.69) is 189 Å². The maximum absolute atomic E-state index is 4.81. The van der Waals surface area contributed by atoms with Crippen LogP contribution >= 0.6 is 0 Å². The molecule has 0 N–H and O–H groups in total. The van der Waals surface area contributed by atoms with Crippen molar-refractivity contribution >= 4 is 65.1 Å². The molecule has 1 aromatic heterocycles. The third-order valence-corrected chi connectivity index (χ3v) is 11.1. The molecule has 0 radical (unpaired) electrons. The van der Waals surface area contributed by atoms with Crippen LogP contribution in [-0.4, -0.2) is 4.98 Å². The van der Waals surface area contributed by atoms with Crippen LogP contribution in [0.25, 0.3) is 87.4 Å². The van der Waals surface area contributed by atoms with Crippen LogP contribution in [0.4, 0.5) is 0 Å². The van der Waals surface area contributed by atoms with Crippen molar-refractivity contribution in [3.63, 3.8) is 0 Å². The fourth-order valence-corrected chi connectivity index (χ4v) is 8.40. The minimum absolute atomic E-state index is 0.374. The molecule has 1 aliphatic rings. The number of pyridine rings is 1. The number of nitrogens with zero attached hydrogens (tertiary/aromatic N) is 1. The van der Waals surface area contributed by atoms with Gasteiger partial charge >= 0.3 is 0 Å². The standard InChI is InChI=1S/C52H37N/c1-34-11-10-17-37(25-27-45(34)44-31-41-16-6-9-20-50(41)53-33-44)40-26-28-48-49(32-40)52(43-24-22-36-13-3-5-15-39(36)30-43)47-19-8-7-18-46(47)51(48)42-23-21-35-12-2-4-14-38(35)29-42/h2-10,12-34H,11H2,1H3. The summed E-state index contributed by atoms with van der Waals surface area (Å²) < 4.78 is 0. The first-order chi connectivity index (χ1) is 26.2. The van der Waals surface area contributed by atoms with Crippen molar-refractivity contribution < 1.29 is 0 Å². The number of aromatic nitrogens is 1. The number of benzene rings is 8. The van der Waals surface area contributed by atoms with Crippen molar-refractivity contribution in [1.82, 2.24) is 4.98 Å². The van der Waals surface area contributed by atoms with Gasteiger partial charge in [0.15, 0.2) is 0 Å². The average Bonchev–Trinajstić information content (AvgIpc) is 3.20. The van der Waals surface area contributed by atoms with Crippen molar-refractivity contribution in [3.8, 4) is 22.3 Å². The molecule has 1 heterocycles. The Kier molecular flexibility index (Phi) is 7.58. The number of hydrogen-bond acceptors (Lipinski definition) is 1. The first-order valence-electron chi connectivity index (χ1n) is 18.6. The zero-order valence-electron chi connectivity index (χ0n) is 29.6. The maximum atomic E-state index is 4.81. The summed E-state index contributed by atoms with van der Waals surface area (Å²) in [5.41, 5.74) is 11.0. The molecule has 0 saturated heterocycles. The zero-order chi connectivity index (χ0) is 35.3. The lowest BCUT2D eigenvalue weighted by Crippen LogP contribution is -2.00. The quantitative estimate of drug-likeness (QED) is 0.169. The van der Waals surface area contributed by atoms with Gasteiger partial charge in [-0.1, -0.05) is 159 Å². The van der Waals surface area contributed by atoms with E-state index in [0.717, 1.165) is 11.9 Å². The second-order valence-corrected chi connectivity index (χ2v) is 14.4. The molecule has 0 bridgehead atoms. The maximum Gasteiger partial charge on any atom is 0.0702 e. The number of allylic oxidation sites excluding steroid dienone is 6. The Balaban J connectivity index is 1.22. The van der Waals surface area contributed by atoms with Crippen molar-refractivity contribution in [3.05, 3.63) is 199 Å². The zero-order valence-corrected chi connectivity index (χ0v) is 29.6. The van der Waals surface area contributed by atoms with Gasteiger partial charge in [-0.3, -0.25) is 4.98 Å². The third-order valence-electron chi connectivity index (χ3n) is 11.1. The van der Waals surface area contributed by atoms with Crippen LogP contribution in [0.5, 0.6) is 0 Å². The predicted molar refractivity (Wildman–Crippen MR) is 228 cm³/mol. The monoisotopic (exact) mass is 675 g/mol. The van der Waals surface area contributed by atoms with Crippen LogP contribution in [0, 0.1) is 5.92 Å². The third kappa shape index (κ3) is 5.53. The molecule has 53 heavy (non-hydrogen) atoms. The second-order valence-electron chi connectivity index (χ2n) is 14.4. The van der Waals surface area contributed by atoms with Crippen LogP contribution in [-0.2, 0) is 0 Å². The van der Waals surface area contributed by atoms with Crippen LogP contribution in [0.1, 0.15) is 24.5 Å². The Morgan fingerprint density at radius 1 is 0.453 bits per heavy atom. The Morgan fingerprint density at radius 2 is 1.00 bits per heavy atom. The summed E-state index contributed by atoms with van der Waals surface area (Å²) >= 11 is 0. The Bertz CT molecular complexity index is 2990. The number of para-hydroxylation sites is 1. The van der Waals surface area contributed by atoms with Crippen molar-refractivity contribution in [2.75, 3.05) is 0 Å². The fourth-order valence-electron chi connectivity index (χ4n) is 8.40. The van der Waals surface area contributed by atoms with Gasteiger partial charge in [-0.25, -0.2) is 0 Å². The molecule has 10 rings (SSSR count). The van der Waals surface area contributed by atoms with Crippen molar-refractivity contribution in [1.29, 1.82) is 0 Å². The molecule has 0 spiro atoms. The van der Waals surface area contributed by atoms with Crippen molar-refractivity contribution in [2.45, 2.75) is 13.3 Å². The molecule has 0 amide bonds. The van der Waals surface area contributed by atoms with Gasteiger partial charge in [0.2, 0.25) is 0 Å². The Labute approximate surface area is 309 Å². The SMILES string of the molecule is CC1CC=CC(c2ccc3c(-c4ccc5ccccc5c4)c4ccccc4c(-c4ccc5ccccc5c4)c3c2)=CC=C1c1cnc2ccccc2c1. The minimum Gasteiger partial charge on any atom is -0.256 e. The van der Waals surface area contributed by atoms with Crippen LogP contribution in [0.15, 0.2) is 188 Å². The molecule has 0 aliphatic heterocycles. The molecule has 8 aromatic carbocycles. The topological polar surface area (TPSA) is 12.9 Å². The summed E-state index contributed by atoms with van der Waals surface area (Å²) in [5, 5.41) is 11.2. The number of hydrogen-bond donors (Lipinski definition) is 0. The lowest BCUT2D eigenvalue weighted by Gasteiger charge is -2.20. The van der Waals surface area contributed by atoms with Gasteiger partial charge in [-0.2, -0.15) is 0 Å². The lowest BCUT2D eigenvalue weighted by atomic mass is 9.83.